The van der Waals surface area contributed by atoms with E-state index >= 15 is 0 Å². The second kappa shape index (κ2) is 9.13. The number of fused-ring (bicyclic) bond motifs is 3. The lowest BCUT2D eigenvalue weighted by Crippen LogP contribution is -2.52. The van der Waals surface area contributed by atoms with Crippen molar-refractivity contribution in [2.45, 2.75) is 43.8 Å². The van der Waals surface area contributed by atoms with Gasteiger partial charge in [0.1, 0.15) is 18.1 Å². The second-order valence-electron chi connectivity index (χ2n) is 8.31. The fourth-order valence-corrected chi connectivity index (χ4v) is 5.96. The van der Waals surface area contributed by atoms with E-state index in [2.05, 4.69) is 15.2 Å². The van der Waals surface area contributed by atoms with Crippen molar-refractivity contribution >= 4 is 39.2 Å². The maximum atomic E-state index is 11.2. The van der Waals surface area contributed by atoms with Gasteiger partial charge in [-0.1, -0.05) is 22.9 Å². The van der Waals surface area contributed by atoms with E-state index in [1.807, 2.05) is 42.5 Å². The molecule has 2 aliphatic rings. The number of nitrogens with one attached hydrogen (secondary N) is 1. The summed E-state index contributed by atoms with van der Waals surface area (Å²) >= 11 is 7.51. The average molecular weight is 473 g/mol. The Bertz CT molecular complexity index is 1090. The highest BCUT2D eigenvalue weighted by Gasteiger charge is 2.40. The van der Waals surface area contributed by atoms with Crippen LogP contribution >= 0.6 is 22.9 Å². The maximum absolute atomic E-state index is 11.2. The molecule has 2 saturated heterocycles. The van der Waals surface area contributed by atoms with Crippen LogP contribution in [-0.4, -0.2) is 47.2 Å². The molecule has 2 amide bonds. The normalized spacial score (nSPS) is 22.7. The minimum absolute atomic E-state index is 0.196. The molecule has 2 aliphatic heterocycles. The predicted octanol–water partition coefficient (Wildman–Crippen LogP) is 4.78. The number of nitrogens with two attached hydrogens (primary N) is 1. The molecule has 7 nitrogen and oxygen atoms in total. The molecule has 2 aromatic carbocycles. The zero-order chi connectivity index (χ0) is 22.1. The SMILES string of the molecule is NC(=O)NC1CC2CCC(C1)N2CCOc1ccc(Oc2nc3ccc(Cl)cc3s2)cc1. The van der Waals surface area contributed by atoms with Crippen LogP contribution in [0.3, 0.4) is 0 Å². The van der Waals surface area contributed by atoms with Crippen LogP contribution in [0.4, 0.5) is 4.79 Å². The molecule has 9 heteroatoms. The standard InChI is InChI=1S/C23H25ClN4O3S/c24-14-1-8-20-21(11-14)32-23(27-20)31-19-6-4-18(5-7-19)30-10-9-28-16-2-3-17(28)13-15(12-16)26-22(25)29/h1,4-8,11,15-17H,2-3,9-10,12-13H2,(H3,25,26,29). The summed E-state index contributed by atoms with van der Waals surface area (Å²) in [5, 5.41) is 4.15. The monoisotopic (exact) mass is 472 g/mol. The first kappa shape index (κ1) is 21.3. The molecule has 1 aromatic heterocycles. The molecule has 3 heterocycles. The Kier molecular flexibility index (Phi) is 6.08. The van der Waals surface area contributed by atoms with Gasteiger partial charge in [0, 0.05) is 29.7 Å². The van der Waals surface area contributed by atoms with Crippen molar-refractivity contribution in [2.24, 2.45) is 5.73 Å². The molecule has 2 unspecified atom stereocenters. The van der Waals surface area contributed by atoms with Crippen molar-refractivity contribution in [3.05, 3.63) is 47.5 Å². The maximum Gasteiger partial charge on any atom is 0.312 e. The average Bonchev–Trinajstić information content (AvgIpc) is 3.25. The van der Waals surface area contributed by atoms with Crippen LogP contribution in [0.15, 0.2) is 42.5 Å². The zero-order valence-corrected chi connectivity index (χ0v) is 19.1. The van der Waals surface area contributed by atoms with E-state index in [0.29, 0.717) is 34.7 Å². The van der Waals surface area contributed by atoms with Crippen LogP contribution < -0.4 is 20.5 Å². The van der Waals surface area contributed by atoms with Crippen LogP contribution in [-0.2, 0) is 0 Å². The van der Waals surface area contributed by atoms with E-state index in [0.717, 1.165) is 35.4 Å². The number of rotatable bonds is 7. The molecule has 2 fully saturated rings. The van der Waals surface area contributed by atoms with Gasteiger partial charge in [0.25, 0.3) is 5.19 Å². The molecule has 0 aliphatic carbocycles. The number of urea groups is 1. The van der Waals surface area contributed by atoms with Gasteiger partial charge >= 0.3 is 6.03 Å². The molecule has 2 bridgehead atoms. The number of nitrogens with zero attached hydrogens (tertiary/aromatic N) is 2. The van der Waals surface area contributed by atoms with Crippen molar-refractivity contribution in [3.8, 4) is 16.7 Å². The van der Waals surface area contributed by atoms with Crippen molar-refractivity contribution in [2.75, 3.05) is 13.2 Å². The fraction of sp³-hybridized carbons (Fsp3) is 0.391. The number of carbonyl (C=O) groups excluding carboxylic acids is 1. The summed E-state index contributed by atoms with van der Waals surface area (Å²) < 4.78 is 12.9. The lowest BCUT2D eigenvalue weighted by Gasteiger charge is -2.38. The van der Waals surface area contributed by atoms with Crippen molar-refractivity contribution in [1.29, 1.82) is 0 Å². The summed E-state index contributed by atoms with van der Waals surface area (Å²) in [7, 11) is 0. The summed E-state index contributed by atoms with van der Waals surface area (Å²) in [6.45, 7) is 1.50. The largest absolute Gasteiger partial charge is 0.492 e. The van der Waals surface area contributed by atoms with Crippen LogP contribution in [0, 0.1) is 0 Å². The zero-order valence-electron chi connectivity index (χ0n) is 17.5. The third-order valence-electron chi connectivity index (χ3n) is 6.21. The van der Waals surface area contributed by atoms with E-state index in [1.54, 1.807) is 0 Å². The van der Waals surface area contributed by atoms with E-state index in [-0.39, 0.29) is 6.04 Å². The van der Waals surface area contributed by atoms with E-state index in [1.165, 1.54) is 24.2 Å². The van der Waals surface area contributed by atoms with Crippen LogP contribution in [0.25, 0.3) is 10.2 Å². The van der Waals surface area contributed by atoms with Crippen LogP contribution in [0.1, 0.15) is 25.7 Å². The van der Waals surface area contributed by atoms with Crippen LogP contribution in [0.2, 0.25) is 5.02 Å². The molecular formula is C23H25ClN4O3S. The number of amides is 2. The Labute approximate surface area is 195 Å². The highest BCUT2D eigenvalue weighted by Crippen LogP contribution is 2.36. The van der Waals surface area contributed by atoms with Crippen LogP contribution in [0.5, 0.6) is 16.7 Å². The van der Waals surface area contributed by atoms with E-state index in [9.17, 15) is 4.79 Å². The molecule has 168 valence electrons. The number of aromatic nitrogens is 1. The first-order chi connectivity index (χ1) is 15.5. The minimum Gasteiger partial charge on any atom is -0.492 e. The van der Waals surface area contributed by atoms with Gasteiger partial charge in [-0.3, -0.25) is 4.90 Å². The van der Waals surface area contributed by atoms with Crippen molar-refractivity contribution < 1.29 is 14.3 Å². The first-order valence-electron chi connectivity index (χ1n) is 10.8. The fourth-order valence-electron chi connectivity index (χ4n) is 4.85. The summed E-state index contributed by atoms with van der Waals surface area (Å²) in [5.74, 6) is 1.52. The Morgan fingerprint density at radius 2 is 1.88 bits per heavy atom. The highest BCUT2D eigenvalue weighted by atomic mass is 35.5. The Balaban J connectivity index is 1.12. The number of ether oxygens (including phenoxy) is 2. The van der Waals surface area contributed by atoms with Gasteiger partial charge < -0.3 is 20.5 Å². The number of piperidine rings is 1. The van der Waals surface area contributed by atoms with Gasteiger partial charge in [-0.15, -0.1) is 0 Å². The number of halogens is 1. The number of benzene rings is 2. The number of hydrogen-bond acceptors (Lipinski definition) is 6. The summed E-state index contributed by atoms with van der Waals surface area (Å²) in [6.07, 6.45) is 4.27. The predicted molar refractivity (Wildman–Crippen MR) is 126 cm³/mol. The summed E-state index contributed by atoms with van der Waals surface area (Å²) in [6, 6.07) is 14.0. The Morgan fingerprint density at radius 1 is 1.16 bits per heavy atom. The first-order valence-corrected chi connectivity index (χ1v) is 12.0. The van der Waals surface area contributed by atoms with Gasteiger partial charge in [0.05, 0.1) is 10.2 Å². The Hall–Kier alpha value is -2.55. The van der Waals surface area contributed by atoms with Gasteiger partial charge in [-0.2, -0.15) is 0 Å². The van der Waals surface area contributed by atoms with Crippen molar-refractivity contribution in [3.63, 3.8) is 0 Å². The number of primary amides is 1. The smallest absolute Gasteiger partial charge is 0.312 e. The third kappa shape index (κ3) is 4.77. The molecular weight excluding hydrogens is 448 g/mol. The number of thiazole rings is 1. The molecule has 0 saturated carbocycles. The molecule has 0 spiro atoms. The van der Waals surface area contributed by atoms with Gasteiger partial charge in [0.2, 0.25) is 0 Å². The van der Waals surface area contributed by atoms with Gasteiger partial charge in [0.15, 0.2) is 0 Å². The number of hydrogen-bond donors (Lipinski definition) is 2. The highest BCUT2D eigenvalue weighted by molar-refractivity contribution is 7.20. The molecule has 2 atom stereocenters. The molecule has 32 heavy (non-hydrogen) atoms. The van der Waals surface area contributed by atoms with Gasteiger partial charge in [-0.05, 0) is 68.1 Å². The quantitative estimate of drug-likeness (QED) is 0.516. The molecule has 5 rings (SSSR count). The van der Waals surface area contributed by atoms with E-state index < -0.39 is 6.03 Å². The van der Waals surface area contributed by atoms with E-state index in [4.69, 9.17) is 26.8 Å². The van der Waals surface area contributed by atoms with Gasteiger partial charge in [-0.25, -0.2) is 9.78 Å². The minimum atomic E-state index is -0.425. The molecule has 3 N–H and O–H groups in total. The summed E-state index contributed by atoms with van der Waals surface area (Å²) in [5.41, 5.74) is 6.16. The summed E-state index contributed by atoms with van der Waals surface area (Å²) in [4.78, 5) is 18.2. The second-order valence-corrected chi connectivity index (χ2v) is 9.74. The molecule has 0 radical (unpaired) electrons. The lowest BCUT2D eigenvalue weighted by atomic mass is 9.97. The third-order valence-corrected chi connectivity index (χ3v) is 7.34. The molecule has 3 aromatic rings. The number of carbonyl (C=O) groups is 1. The lowest BCUT2D eigenvalue weighted by molar-refractivity contribution is 0.1000. The van der Waals surface area contributed by atoms with Crippen molar-refractivity contribution in [1.82, 2.24) is 15.2 Å². The topological polar surface area (TPSA) is 89.7 Å². The Morgan fingerprint density at radius 3 is 2.59 bits per heavy atom.